The highest BCUT2D eigenvalue weighted by Gasteiger charge is 2.25. The summed E-state index contributed by atoms with van der Waals surface area (Å²) >= 11 is 0. The third-order valence-corrected chi connectivity index (χ3v) is 5.68. The van der Waals surface area contributed by atoms with Crippen LogP contribution in [0.15, 0.2) is 74.4 Å². The summed E-state index contributed by atoms with van der Waals surface area (Å²) < 4.78 is 0. The van der Waals surface area contributed by atoms with Gasteiger partial charge in [-0.1, -0.05) is 0 Å². The van der Waals surface area contributed by atoms with Crippen LogP contribution in [0.25, 0.3) is 56.9 Å². The minimum atomic E-state index is 0.450. The normalized spacial score (nSPS) is 10.9. The lowest BCUT2D eigenvalue weighted by Crippen LogP contribution is -2.04. The van der Waals surface area contributed by atoms with E-state index in [9.17, 15) is 0 Å². The second-order valence-corrected chi connectivity index (χ2v) is 7.99. The molecule has 12 heteroatoms. The fourth-order valence-corrected chi connectivity index (χ4v) is 4.02. The number of hydrogen-bond donors (Lipinski definition) is 0. The van der Waals surface area contributed by atoms with Gasteiger partial charge in [-0.3, -0.25) is 59.8 Å². The highest BCUT2D eigenvalue weighted by atomic mass is 14.9. The van der Waals surface area contributed by atoms with Crippen LogP contribution in [0.4, 0.5) is 0 Å². The van der Waals surface area contributed by atoms with E-state index in [1.165, 1.54) is 0 Å². The van der Waals surface area contributed by atoms with Gasteiger partial charge in [0, 0.05) is 74.4 Å². The van der Waals surface area contributed by atoms with Crippen molar-refractivity contribution in [1.82, 2.24) is 59.8 Å². The fourth-order valence-electron chi connectivity index (χ4n) is 4.02. The van der Waals surface area contributed by atoms with Crippen molar-refractivity contribution < 1.29 is 0 Å². The molecule has 6 rings (SSSR count). The third kappa shape index (κ3) is 4.09. The third-order valence-electron chi connectivity index (χ3n) is 5.68. The second-order valence-electron chi connectivity index (χ2n) is 7.99. The van der Waals surface area contributed by atoms with Gasteiger partial charge >= 0.3 is 0 Å². The molecule has 6 aromatic rings. The van der Waals surface area contributed by atoms with Crippen LogP contribution in [0, 0.1) is 13.8 Å². The number of aryl methyl sites for hydroxylation is 2. The first-order valence-electron chi connectivity index (χ1n) is 11.5. The van der Waals surface area contributed by atoms with E-state index in [-0.39, 0.29) is 0 Å². The SMILES string of the molecule is Cc1nccnc1-c1nccnc1-c1nccnc1-c1nccnc1-c1nccnc1-c1nccnc1C. The molecule has 6 aromatic heterocycles. The molecule has 0 aliphatic heterocycles. The Bertz CT molecular complexity index is 1640. The van der Waals surface area contributed by atoms with E-state index in [0.717, 1.165) is 0 Å². The fraction of sp³-hybridized carbons (Fsp3) is 0.0769. The van der Waals surface area contributed by atoms with Crippen LogP contribution < -0.4 is 0 Å². The molecule has 0 spiro atoms. The van der Waals surface area contributed by atoms with Crippen molar-refractivity contribution in [3.8, 4) is 56.9 Å². The minimum absolute atomic E-state index is 0.450. The molecule has 182 valence electrons. The Morgan fingerprint density at radius 3 is 0.605 bits per heavy atom. The quantitative estimate of drug-likeness (QED) is 0.342. The summed E-state index contributed by atoms with van der Waals surface area (Å²) in [5.74, 6) is 0. The summed E-state index contributed by atoms with van der Waals surface area (Å²) in [4.78, 5) is 54.6. The Hall–Kier alpha value is -5.52. The van der Waals surface area contributed by atoms with Gasteiger partial charge in [0.2, 0.25) is 0 Å². The van der Waals surface area contributed by atoms with Gasteiger partial charge in [0.25, 0.3) is 0 Å². The lowest BCUT2D eigenvalue weighted by atomic mass is 10.0. The molecule has 0 fully saturated rings. The van der Waals surface area contributed by atoms with Crippen LogP contribution in [0.5, 0.6) is 0 Å². The van der Waals surface area contributed by atoms with E-state index in [1.54, 1.807) is 74.4 Å². The maximum Gasteiger partial charge on any atom is 0.119 e. The lowest BCUT2D eigenvalue weighted by molar-refractivity contribution is 1.07. The monoisotopic (exact) mass is 498 g/mol. The van der Waals surface area contributed by atoms with Crippen molar-refractivity contribution >= 4 is 0 Å². The molecule has 12 nitrogen and oxygen atoms in total. The number of rotatable bonds is 5. The first-order valence-corrected chi connectivity index (χ1v) is 11.5. The number of hydrogen-bond acceptors (Lipinski definition) is 12. The Labute approximate surface area is 216 Å². The van der Waals surface area contributed by atoms with Gasteiger partial charge in [0.15, 0.2) is 0 Å². The van der Waals surface area contributed by atoms with Crippen LogP contribution >= 0.6 is 0 Å². The molecule has 0 saturated heterocycles. The largest absolute Gasteiger partial charge is 0.258 e. The Morgan fingerprint density at radius 2 is 0.395 bits per heavy atom. The highest BCUT2D eigenvalue weighted by Crippen LogP contribution is 2.37. The number of aromatic nitrogens is 12. The standard InChI is InChI=1S/C26H18N12/c1-15-17(29-5-3-27-15)19-21(33-9-7-31-19)23-25(37-13-11-35-23)26-24(36-12-14-38-26)22-20(32-8-10-34-22)18-16(2)28-4-6-30-18/h3-14H,1-2H3. The zero-order chi connectivity index (χ0) is 25.9. The molecule has 0 radical (unpaired) electrons. The molecular weight excluding hydrogens is 480 g/mol. The molecule has 0 unspecified atom stereocenters. The Morgan fingerprint density at radius 1 is 0.237 bits per heavy atom. The van der Waals surface area contributed by atoms with Crippen LogP contribution in [0.1, 0.15) is 11.4 Å². The molecule has 0 aliphatic carbocycles. The molecule has 0 amide bonds. The van der Waals surface area contributed by atoms with Crippen LogP contribution in [0.2, 0.25) is 0 Å². The smallest absolute Gasteiger partial charge is 0.119 e. The number of nitrogens with zero attached hydrogens (tertiary/aromatic N) is 12. The van der Waals surface area contributed by atoms with Crippen molar-refractivity contribution in [2.75, 3.05) is 0 Å². The predicted octanol–water partition coefficient (Wildman–Crippen LogP) is 3.38. The van der Waals surface area contributed by atoms with Gasteiger partial charge in [-0.05, 0) is 13.8 Å². The van der Waals surface area contributed by atoms with Crippen molar-refractivity contribution in [3.63, 3.8) is 0 Å². The van der Waals surface area contributed by atoms with Crippen LogP contribution in [-0.2, 0) is 0 Å². The van der Waals surface area contributed by atoms with Gasteiger partial charge in [0.05, 0.1) is 11.4 Å². The molecule has 0 aliphatic rings. The first kappa shape index (κ1) is 22.9. The summed E-state index contributed by atoms with van der Waals surface area (Å²) in [6, 6.07) is 0. The van der Waals surface area contributed by atoms with Crippen molar-refractivity contribution in [2.45, 2.75) is 13.8 Å². The Kier molecular flexibility index (Phi) is 5.94. The van der Waals surface area contributed by atoms with E-state index >= 15 is 0 Å². The maximum absolute atomic E-state index is 4.64. The molecule has 0 aromatic carbocycles. The van der Waals surface area contributed by atoms with Crippen LogP contribution in [-0.4, -0.2) is 59.8 Å². The van der Waals surface area contributed by atoms with Crippen molar-refractivity contribution in [3.05, 3.63) is 85.7 Å². The van der Waals surface area contributed by atoms with Gasteiger partial charge in [-0.25, -0.2) is 0 Å². The van der Waals surface area contributed by atoms with E-state index in [0.29, 0.717) is 68.3 Å². The molecule has 6 heterocycles. The predicted molar refractivity (Wildman–Crippen MR) is 137 cm³/mol. The molecule has 0 saturated carbocycles. The highest BCUT2D eigenvalue weighted by molar-refractivity contribution is 5.88. The zero-order valence-electron chi connectivity index (χ0n) is 20.3. The summed E-state index contributed by atoms with van der Waals surface area (Å²) in [6.45, 7) is 3.73. The summed E-state index contributed by atoms with van der Waals surface area (Å²) in [5.41, 5.74) is 6.47. The zero-order valence-corrected chi connectivity index (χ0v) is 20.3. The van der Waals surface area contributed by atoms with E-state index < -0.39 is 0 Å². The Balaban J connectivity index is 1.57. The molecular formula is C26H18N12. The summed E-state index contributed by atoms with van der Waals surface area (Å²) in [7, 11) is 0. The maximum atomic E-state index is 4.64. The summed E-state index contributed by atoms with van der Waals surface area (Å²) in [5, 5.41) is 0. The molecule has 0 atom stereocenters. The van der Waals surface area contributed by atoms with E-state index in [1.807, 2.05) is 13.8 Å². The average Bonchev–Trinajstić information content (AvgIpc) is 2.98. The molecule has 38 heavy (non-hydrogen) atoms. The minimum Gasteiger partial charge on any atom is -0.258 e. The van der Waals surface area contributed by atoms with Crippen molar-refractivity contribution in [1.29, 1.82) is 0 Å². The first-order chi connectivity index (χ1) is 18.7. The van der Waals surface area contributed by atoms with Crippen molar-refractivity contribution in [2.24, 2.45) is 0 Å². The van der Waals surface area contributed by atoms with Gasteiger partial charge in [-0.2, -0.15) is 0 Å². The topological polar surface area (TPSA) is 155 Å². The molecule has 0 N–H and O–H groups in total. The lowest BCUT2D eigenvalue weighted by Gasteiger charge is -2.13. The summed E-state index contributed by atoms with van der Waals surface area (Å²) in [6.07, 6.45) is 19.2. The van der Waals surface area contributed by atoms with E-state index in [2.05, 4.69) is 59.8 Å². The van der Waals surface area contributed by atoms with Gasteiger partial charge in [-0.15, -0.1) is 0 Å². The average molecular weight is 499 g/mol. The second kappa shape index (κ2) is 9.85. The van der Waals surface area contributed by atoms with Gasteiger partial charge in [0.1, 0.15) is 56.9 Å². The molecule has 0 bridgehead atoms. The van der Waals surface area contributed by atoms with E-state index in [4.69, 9.17) is 0 Å². The van der Waals surface area contributed by atoms with Gasteiger partial charge < -0.3 is 0 Å². The van der Waals surface area contributed by atoms with Crippen LogP contribution in [0.3, 0.4) is 0 Å².